The smallest absolute Gasteiger partial charge is 0.264 e. The van der Waals surface area contributed by atoms with Crippen LogP contribution in [0.4, 0.5) is 0 Å². The molecule has 1 aliphatic rings. The highest BCUT2D eigenvalue weighted by molar-refractivity contribution is 9.11. The zero-order valence-electron chi connectivity index (χ0n) is 12.4. The first-order valence-electron chi connectivity index (χ1n) is 7.30. The number of aromatic nitrogens is 1. The van der Waals surface area contributed by atoms with Crippen LogP contribution < -0.4 is 0 Å². The molecule has 22 heavy (non-hydrogen) atoms. The average molecular weight is 400 g/mol. The summed E-state index contributed by atoms with van der Waals surface area (Å²) in [6.07, 6.45) is 1.02. The van der Waals surface area contributed by atoms with Gasteiger partial charge in [0.15, 0.2) is 0 Å². The van der Waals surface area contributed by atoms with Crippen molar-refractivity contribution in [2.45, 2.75) is 19.9 Å². The van der Waals surface area contributed by atoms with Crippen LogP contribution in [0.2, 0.25) is 0 Å². The van der Waals surface area contributed by atoms with Gasteiger partial charge in [0.2, 0.25) is 0 Å². The molecule has 1 amide bonds. The van der Waals surface area contributed by atoms with Gasteiger partial charge in [-0.15, -0.1) is 22.7 Å². The molecule has 0 aromatic carbocycles. The highest BCUT2D eigenvalue weighted by Crippen LogP contribution is 2.24. The fraction of sp³-hybridized carbons (Fsp3) is 0.467. The number of nitrogens with zero attached hydrogens (tertiary/aromatic N) is 3. The summed E-state index contributed by atoms with van der Waals surface area (Å²) >= 11 is 6.63. The Balaban J connectivity index is 1.58. The number of halogens is 1. The molecule has 1 aliphatic heterocycles. The molecule has 1 fully saturated rings. The fourth-order valence-corrected chi connectivity index (χ4v) is 4.58. The van der Waals surface area contributed by atoms with Gasteiger partial charge in [-0.05, 0) is 41.4 Å². The molecule has 0 spiro atoms. The molecular formula is C15H18BrN3OS2. The normalized spacial score (nSPS) is 16.7. The van der Waals surface area contributed by atoms with Gasteiger partial charge < -0.3 is 4.90 Å². The Morgan fingerprint density at radius 1 is 1.32 bits per heavy atom. The molecule has 7 heteroatoms. The number of thiazole rings is 1. The van der Waals surface area contributed by atoms with Gasteiger partial charge in [0.1, 0.15) is 0 Å². The van der Waals surface area contributed by atoms with Crippen LogP contribution in [0.1, 0.15) is 26.8 Å². The largest absolute Gasteiger partial charge is 0.337 e. The zero-order chi connectivity index (χ0) is 15.5. The molecule has 3 heterocycles. The number of rotatable bonds is 3. The van der Waals surface area contributed by atoms with Gasteiger partial charge in [-0.2, -0.15) is 0 Å². The maximum Gasteiger partial charge on any atom is 0.264 e. The van der Waals surface area contributed by atoms with E-state index in [1.807, 2.05) is 24.0 Å². The van der Waals surface area contributed by atoms with Crippen molar-refractivity contribution in [3.8, 4) is 0 Å². The number of thiophene rings is 1. The lowest BCUT2D eigenvalue weighted by Gasteiger charge is -2.21. The predicted octanol–water partition coefficient (Wildman–Crippen LogP) is 3.62. The first kappa shape index (κ1) is 16.1. The van der Waals surface area contributed by atoms with Crippen molar-refractivity contribution >= 4 is 44.5 Å². The van der Waals surface area contributed by atoms with Gasteiger partial charge in [0.05, 0.1) is 19.4 Å². The third-order valence-electron chi connectivity index (χ3n) is 3.71. The second-order valence-electron chi connectivity index (χ2n) is 5.38. The topological polar surface area (TPSA) is 36.4 Å². The van der Waals surface area contributed by atoms with Crippen molar-refractivity contribution in [3.05, 3.63) is 36.9 Å². The maximum absolute atomic E-state index is 12.5. The van der Waals surface area contributed by atoms with Crippen molar-refractivity contribution in [1.29, 1.82) is 0 Å². The van der Waals surface area contributed by atoms with Crippen LogP contribution in [0.25, 0.3) is 0 Å². The summed E-state index contributed by atoms with van der Waals surface area (Å²) in [7, 11) is 0. The van der Waals surface area contributed by atoms with E-state index in [-0.39, 0.29) is 5.91 Å². The van der Waals surface area contributed by atoms with Crippen LogP contribution >= 0.6 is 38.6 Å². The minimum atomic E-state index is 0.155. The van der Waals surface area contributed by atoms with E-state index in [1.165, 1.54) is 11.3 Å². The summed E-state index contributed by atoms with van der Waals surface area (Å²) in [6.45, 7) is 6.48. The quantitative estimate of drug-likeness (QED) is 0.790. The Morgan fingerprint density at radius 3 is 2.86 bits per heavy atom. The monoisotopic (exact) mass is 399 g/mol. The Bertz CT molecular complexity index is 655. The molecule has 2 aromatic rings. The van der Waals surface area contributed by atoms with Gasteiger partial charge >= 0.3 is 0 Å². The average Bonchev–Trinajstić information content (AvgIpc) is 3.02. The van der Waals surface area contributed by atoms with E-state index in [0.717, 1.165) is 58.5 Å². The number of carbonyl (C=O) groups is 1. The number of amides is 1. The van der Waals surface area contributed by atoms with Crippen molar-refractivity contribution < 1.29 is 4.79 Å². The van der Waals surface area contributed by atoms with E-state index in [9.17, 15) is 4.79 Å². The van der Waals surface area contributed by atoms with Crippen LogP contribution in [-0.2, 0) is 6.54 Å². The molecule has 0 atom stereocenters. The molecule has 4 nitrogen and oxygen atoms in total. The number of hydrogen-bond donors (Lipinski definition) is 0. The molecular weight excluding hydrogens is 382 g/mol. The molecule has 0 bridgehead atoms. The molecule has 0 unspecified atom stereocenters. The van der Waals surface area contributed by atoms with Crippen LogP contribution in [0, 0.1) is 6.92 Å². The molecule has 0 saturated carbocycles. The lowest BCUT2D eigenvalue weighted by atomic mass is 10.3. The predicted molar refractivity (Wildman–Crippen MR) is 94.7 cm³/mol. The highest BCUT2D eigenvalue weighted by atomic mass is 79.9. The fourth-order valence-electron chi connectivity index (χ4n) is 2.63. The summed E-state index contributed by atoms with van der Waals surface area (Å²) in [5.41, 5.74) is 1.14. The Labute approximate surface area is 146 Å². The van der Waals surface area contributed by atoms with Gasteiger partial charge in [-0.3, -0.25) is 9.69 Å². The molecule has 0 aliphatic carbocycles. The molecule has 0 N–H and O–H groups in total. The van der Waals surface area contributed by atoms with Crippen LogP contribution in [0.15, 0.2) is 21.3 Å². The third kappa shape index (κ3) is 3.95. The van der Waals surface area contributed by atoms with E-state index in [1.54, 1.807) is 11.3 Å². The van der Waals surface area contributed by atoms with E-state index in [4.69, 9.17) is 0 Å². The first-order valence-corrected chi connectivity index (χ1v) is 9.79. The summed E-state index contributed by atoms with van der Waals surface area (Å²) < 4.78 is 1.01. The molecule has 2 aromatic heterocycles. The molecule has 1 saturated heterocycles. The highest BCUT2D eigenvalue weighted by Gasteiger charge is 2.21. The first-order chi connectivity index (χ1) is 10.6. The van der Waals surface area contributed by atoms with E-state index in [0.29, 0.717) is 0 Å². The molecule has 0 radical (unpaired) electrons. The maximum atomic E-state index is 12.5. The van der Waals surface area contributed by atoms with E-state index in [2.05, 4.69) is 31.2 Å². The lowest BCUT2D eigenvalue weighted by molar-refractivity contribution is 0.0766. The number of aryl methyl sites for hydroxylation is 1. The van der Waals surface area contributed by atoms with Gasteiger partial charge in [0, 0.05) is 38.1 Å². The van der Waals surface area contributed by atoms with Gasteiger partial charge in [0.25, 0.3) is 5.91 Å². The van der Waals surface area contributed by atoms with Crippen LogP contribution in [0.3, 0.4) is 0 Å². The SMILES string of the molecule is Cc1nc(CN2CCCN(C(=O)c3ccc(Br)s3)CC2)cs1. The summed E-state index contributed by atoms with van der Waals surface area (Å²) in [4.78, 5) is 22.2. The molecule has 118 valence electrons. The Morgan fingerprint density at radius 2 is 2.18 bits per heavy atom. The molecule has 3 rings (SSSR count). The van der Waals surface area contributed by atoms with E-state index >= 15 is 0 Å². The lowest BCUT2D eigenvalue weighted by Crippen LogP contribution is -2.34. The third-order valence-corrected chi connectivity index (χ3v) is 6.15. The second kappa shape index (κ2) is 7.21. The summed E-state index contributed by atoms with van der Waals surface area (Å²) in [5.74, 6) is 0.155. The zero-order valence-corrected chi connectivity index (χ0v) is 15.6. The minimum absolute atomic E-state index is 0.155. The van der Waals surface area contributed by atoms with Crippen LogP contribution in [-0.4, -0.2) is 46.9 Å². The van der Waals surface area contributed by atoms with Crippen molar-refractivity contribution in [2.24, 2.45) is 0 Å². The summed E-state index contributed by atoms with van der Waals surface area (Å²) in [6, 6.07) is 3.84. The van der Waals surface area contributed by atoms with Crippen molar-refractivity contribution in [2.75, 3.05) is 26.2 Å². The number of hydrogen-bond acceptors (Lipinski definition) is 5. The Kier molecular flexibility index (Phi) is 5.28. The van der Waals surface area contributed by atoms with Crippen molar-refractivity contribution in [3.63, 3.8) is 0 Å². The van der Waals surface area contributed by atoms with Gasteiger partial charge in [-0.1, -0.05) is 0 Å². The van der Waals surface area contributed by atoms with Crippen molar-refractivity contribution in [1.82, 2.24) is 14.8 Å². The second-order valence-corrected chi connectivity index (χ2v) is 8.91. The standard InChI is InChI=1S/C15H18BrN3OS2/c1-11-17-12(10-21-11)9-18-5-2-6-19(8-7-18)15(20)13-3-4-14(16)22-13/h3-4,10H,2,5-9H2,1H3. The van der Waals surface area contributed by atoms with Gasteiger partial charge in [-0.25, -0.2) is 4.98 Å². The number of carbonyl (C=O) groups excluding carboxylic acids is 1. The van der Waals surface area contributed by atoms with Crippen LogP contribution in [0.5, 0.6) is 0 Å². The van der Waals surface area contributed by atoms with E-state index < -0.39 is 0 Å². The minimum Gasteiger partial charge on any atom is -0.337 e. The Hall–Kier alpha value is -0.760. The summed E-state index contributed by atoms with van der Waals surface area (Å²) in [5, 5.41) is 3.25.